The molecule has 0 aliphatic heterocycles. The van der Waals surface area contributed by atoms with Crippen LogP contribution in [0.1, 0.15) is 49.1 Å². The van der Waals surface area contributed by atoms with Crippen LogP contribution in [0.4, 0.5) is 0 Å². The van der Waals surface area contributed by atoms with Crippen molar-refractivity contribution in [2.45, 2.75) is 58.1 Å². The van der Waals surface area contributed by atoms with Crippen molar-refractivity contribution in [2.75, 3.05) is 13.6 Å². The van der Waals surface area contributed by atoms with E-state index in [1.165, 1.54) is 12.0 Å². The SMILES string of the molecule is CN=C(NCc1c(C)nn(C)c1C)NCC1(O)CCCCC1.I. The van der Waals surface area contributed by atoms with E-state index in [-0.39, 0.29) is 24.0 Å². The highest BCUT2D eigenvalue weighted by Crippen LogP contribution is 2.27. The molecule has 1 aliphatic rings. The van der Waals surface area contributed by atoms with Crippen LogP contribution in [-0.2, 0) is 13.6 Å². The van der Waals surface area contributed by atoms with E-state index >= 15 is 0 Å². The van der Waals surface area contributed by atoms with Crippen molar-refractivity contribution >= 4 is 29.9 Å². The second kappa shape index (κ2) is 8.86. The topological polar surface area (TPSA) is 74.5 Å². The minimum atomic E-state index is -0.587. The minimum absolute atomic E-state index is 0. The lowest BCUT2D eigenvalue weighted by atomic mass is 9.85. The first-order valence-corrected chi connectivity index (χ1v) is 8.11. The lowest BCUT2D eigenvalue weighted by molar-refractivity contribution is 0.00859. The molecule has 1 aliphatic carbocycles. The van der Waals surface area contributed by atoms with E-state index < -0.39 is 5.60 Å². The molecular formula is C16H30IN5O. The first kappa shape index (κ1) is 20.2. The van der Waals surface area contributed by atoms with Crippen molar-refractivity contribution < 1.29 is 5.11 Å². The van der Waals surface area contributed by atoms with Crippen molar-refractivity contribution in [2.24, 2.45) is 12.0 Å². The summed E-state index contributed by atoms with van der Waals surface area (Å²) in [5.41, 5.74) is 2.80. The molecule has 23 heavy (non-hydrogen) atoms. The predicted molar refractivity (Wildman–Crippen MR) is 104 cm³/mol. The third-order valence-electron chi connectivity index (χ3n) is 4.68. The Morgan fingerprint density at radius 2 is 1.91 bits per heavy atom. The molecule has 0 saturated heterocycles. The number of rotatable bonds is 4. The van der Waals surface area contributed by atoms with Crippen molar-refractivity contribution in [3.63, 3.8) is 0 Å². The Labute approximate surface area is 156 Å². The van der Waals surface area contributed by atoms with Crippen molar-refractivity contribution in [3.05, 3.63) is 17.0 Å². The Balaban J connectivity index is 0.00000264. The molecule has 1 aromatic heterocycles. The molecule has 0 aromatic carbocycles. The third kappa shape index (κ3) is 5.34. The first-order valence-electron chi connectivity index (χ1n) is 8.11. The fourth-order valence-electron chi connectivity index (χ4n) is 3.10. The molecular weight excluding hydrogens is 405 g/mol. The summed E-state index contributed by atoms with van der Waals surface area (Å²) in [5.74, 6) is 0.724. The van der Waals surface area contributed by atoms with Gasteiger partial charge >= 0.3 is 0 Å². The van der Waals surface area contributed by atoms with Gasteiger partial charge in [0.25, 0.3) is 0 Å². The van der Waals surface area contributed by atoms with E-state index in [0.29, 0.717) is 13.1 Å². The van der Waals surface area contributed by atoms with Gasteiger partial charge in [0, 0.05) is 38.4 Å². The van der Waals surface area contributed by atoms with Gasteiger partial charge in [-0.1, -0.05) is 19.3 Å². The molecule has 1 aromatic rings. The molecule has 0 radical (unpaired) electrons. The van der Waals surface area contributed by atoms with Crippen LogP contribution in [0.5, 0.6) is 0 Å². The number of hydrogen-bond acceptors (Lipinski definition) is 3. The van der Waals surface area contributed by atoms with Crippen LogP contribution < -0.4 is 10.6 Å². The lowest BCUT2D eigenvalue weighted by Gasteiger charge is -2.32. The summed E-state index contributed by atoms with van der Waals surface area (Å²) in [6, 6.07) is 0. The average molecular weight is 435 g/mol. The van der Waals surface area contributed by atoms with E-state index in [0.717, 1.165) is 43.0 Å². The Bertz CT molecular complexity index is 535. The zero-order chi connectivity index (χ0) is 16.2. The van der Waals surface area contributed by atoms with Gasteiger partial charge < -0.3 is 15.7 Å². The summed E-state index contributed by atoms with van der Waals surface area (Å²) in [5, 5.41) is 21.5. The van der Waals surface area contributed by atoms with Crippen LogP contribution in [-0.4, -0.2) is 40.0 Å². The zero-order valence-electron chi connectivity index (χ0n) is 14.6. The van der Waals surface area contributed by atoms with Gasteiger partial charge in [0.2, 0.25) is 0 Å². The Hall–Kier alpha value is -0.830. The van der Waals surface area contributed by atoms with Gasteiger partial charge in [-0.25, -0.2) is 0 Å². The summed E-state index contributed by atoms with van der Waals surface area (Å²) in [6.45, 7) is 5.32. The van der Waals surface area contributed by atoms with Gasteiger partial charge in [-0.3, -0.25) is 9.67 Å². The van der Waals surface area contributed by atoms with Crippen LogP contribution in [0, 0.1) is 13.8 Å². The van der Waals surface area contributed by atoms with Crippen molar-refractivity contribution in [1.29, 1.82) is 0 Å². The van der Waals surface area contributed by atoms with Crippen LogP contribution in [0.2, 0.25) is 0 Å². The molecule has 2 rings (SSSR count). The summed E-state index contributed by atoms with van der Waals surface area (Å²) in [4.78, 5) is 4.24. The van der Waals surface area contributed by atoms with Gasteiger partial charge in [0.05, 0.1) is 11.3 Å². The number of aromatic nitrogens is 2. The minimum Gasteiger partial charge on any atom is -0.388 e. The van der Waals surface area contributed by atoms with Gasteiger partial charge in [-0.05, 0) is 26.7 Å². The smallest absolute Gasteiger partial charge is 0.191 e. The number of hydrogen-bond donors (Lipinski definition) is 3. The summed E-state index contributed by atoms with van der Waals surface area (Å²) in [7, 11) is 3.71. The maximum absolute atomic E-state index is 10.5. The van der Waals surface area contributed by atoms with E-state index in [1.807, 2.05) is 18.7 Å². The Morgan fingerprint density at radius 1 is 1.26 bits per heavy atom. The molecule has 1 saturated carbocycles. The standard InChI is InChI=1S/C16H29N5O.HI/c1-12-14(13(2)21(4)20-12)10-18-15(17-3)19-11-16(22)8-6-5-7-9-16;/h22H,5-11H2,1-4H3,(H2,17,18,19);1H. The number of halogens is 1. The molecule has 0 amide bonds. The quantitative estimate of drug-likeness (QED) is 0.385. The highest BCUT2D eigenvalue weighted by molar-refractivity contribution is 14.0. The Kier molecular flexibility index (Phi) is 7.79. The van der Waals surface area contributed by atoms with Crippen molar-refractivity contribution in [3.8, 4) is 0 Å². The molecule has 0 bridgehead atoms. The van der Waals surface area contributed by atoms with Crippen molar-refractivity contribution in [1.82, 2.24) is 20.4 Å². The second-order valence-corrected chi connectivity index (χ2v) is 6.34. The molecule has 7 heteroatoms. The Morgan fingerprint density at radius 3 is 2.43 bits per heavy atom. The van der Waals surface area contributed by atoms with Crippen LogP contribution in [0.25, 0.3) is 0 Å². The molecule has 132 valence electrons. The lowest BCUT2D eigenvalue weighted by Crippen LogP contribution is -2.47. The van der Waals surface area contributed by atoms with Gasteiger partial charge in [-0.2, -0.15) is 5.10 Å². The van der Waals surface area contributed by atoms with Gasteiger partial charge in [0.1, 0.15) is 0 Å². The van der Waals surface area contributed by atoms with Gasteiger partial charge in [-0.15, -0.1) is 24.0 Å². The first-order chi connectivity index (χ1) is 10.4. The molecule has 3 N–H and O–H groups in total. The van der Waals surface area contributed by atoms with Crippen LogP contribution in [0.3, 0.4) is 0 Å². The maximum Gasteiger partial charge on any atom is 0.191 e. The monoisotopic (exact) mass is 435 g/mol. The number of nitrogens with zero attached hydrogens (tertiary/aromatic N) is 3. The number of aliphatic imine (C=N–C) groups is 1. The van der Waals surface area contributed by atoms with E-state index in [4.69, 9.17) is 0 Å². The summed E-state index contributed by atoms with van der Waals surface area (Å²) >= 11 is 0. The fraction of sp³-hybridized carbons (Fsp3) is 0.750. The second-order valence-electron chi connectivity index (χ2n) is 6.34. The number of nitrogens with one attached hydrogen (secondary N) is 2. The number of aliphatic hydroxyl groups is 1. The molecule has 1 fully saturated rings. The van der Waals surface area contributed by atoms with Gasteiger partial charge in [0.15, 0.2) is 5.96 Å². The number of guanidine groups is 1. The molecule has 0 spiro atoms. The third-order valence-corrected chi connectivity index (χ3v) is 4.68. The largest absolute Gasteiger partial charge is 0.388 e. The molecule has 1 heterocycles. The summed E-state index contributed by atoms with van der Waals surface area (Å²) in [6.07, 6.45) is 5.20. The molecule has 0 atom stereocenters. The van der Waals surface area contributed by atoms with Crippen LogP contribution >= 0.6 is 24.0 Å². The van der Waals surface area contributed by atoms with E-state index in [9.17, 15) is 5.11 Å². The maximum atomic E-state index is 10.5. The highest BCUT2D eigenvalue weighted by atomic mass is 127. The number of aryl methyl sites for hydroxylation is 2. The molecule has 6 nitrogen and oxygen atoms in total. The zero-order valence-corrected chi connectivity index (χ0v) is 17.0. The van der Waals surface area contributed by atoms with E-state index in [1.54, 1.807) is 7.05 Å². The average Bonchev–Trinajstić information content (AvgIpc) is 2.74. The van der Waals surface area contributed by atoms with Crippen LogP contribution in [0.15, 0.2) is 4.99 Å². The molecule has 0 unspecified atom stereocenters. The predicted octanol–water partition coefficient (Wildman–Crippen LogP) is 2.02. The normalized spacial score (nSPS) is 17.5. The highest BCUT2D eigenvalue weighted by Gasteiger charge is 2.29. The van der Waals surface area contributed by atoms with E-state index in [2.05, 4.69) is 27.6 Å². The summed E-state index contributed by atoms with van der Waals surface area (Å²) < 4.78 is 1.90. The fourth-order valence-corrected chi connectivity index (χ4v) is 3.10.